The lowest BCUT2D eigenvalue weighted by Gasteiger charge is -2.24. The molecular formula is C21H31ClN6O. The number of likely N-dealkylation sites (tertiary alicyclic amines) is 1. The zero-order valence-electron chi connectivity index (χ0n) is 17.6. The van der Waals surface area contributed by atoms with E-state index in [-0.39, 0.29) is 0 Å². The minimum Gasteiger partial charge on any atom is -0.357 e. The van der Waals surface area contributed by atoms with Gasteiger partial charge in [-0.1, -0.05) is 42.7 Å². The van der Waals surface area contributed by atoms with Crippen molar-refractivity contribution in [2.75, 3.05) is 39.3 Å². The maximum atomic E-state index is 6.05. The Labute approximate surface area is 178 Å². The van der Waals surface area contributed by atoms with Crippen LogP contribution < -0.4 is 5.32 Å². The summed E-state index contributed by atoms with van der Waals surface area (Å²) in [6, 6.07) is 7.43. The molecule has 2 aromatic rings. The average Bonchev–Trinajstić information content (AvgIpc) is 3.39. The molecule has 1 unspecified atom stereocenters. The Balaban J connectivity index is 1.63. The first-order chi connectivity index (χ1) is 14.1. The Hall–Kier alpha value is -2.12. The second-order valence-electron chi connectivity index (χ2n) is 7.28. The van der Waals surface area contributed by atoms with E-state index in [4.69, 9.17) is 21.1 Å². The Morgan fingerprint density at radius 1 is 1.34 bits per heavy atom. The molecule has 1 aromatic heterocycles. The van der Waals surface area contributed by atoms with Crippen LogP contribution in [0.15, 0.2) is 33.8 Å². The van der Waals surface area contributed by atoms with Gasteiger partial charge in [-0.05, 0) is 44.5 Å². The van der Waals surface area contributed by atoms with Crippen LogP contribution in [0.3, 0.4) is 0 Å². The van der Waals surface area contributed by atoms with Crippen LogP contribution in [0.1, 0.15) is 33.1 Å². The van der Waals surface area contributed by atoms with Crippen molar-refractivity contribution in [2.45, 2.75) is 33.7 Å². The van der Waals surface area contributed by atoms with E-state index in [0.717, 1.165) is 50.8 Å². The molecule has 0 saturated carbocycles. The molecule has 1 aliphatic heterocycles. The fraction of sp³-hybridized carbons (Fsp3) is 0.571. The largest absolute Gasteiger partial charge is 0.357 e. The summed E-state index contributed by atoms with van der Waals surface area (Å²) in [5.41, 5.74) is 0.835. The molecule has 1 N–H and O–H groups in total. The summed E-state index contributed by atoms with van der Waals surface area (Å²) < 4.78 is 5.39. The molecule has 3 rings (SSSR count). The van der Waals surface area contributed by atoms with Crippen molar-refractivity contribution in [1.82, 2.24) is 25.3 Å². The molecule has 1 fully saturated rings. The van der Waals surface area contributed by atoms with E-state index in [2.05, 4.69) is 46.0 Å². The van der Waals surface area contributed by atoms with Gasteiger partial charge in [0, 0.05) is 36.8 Å². The van der Waals surface area contributed by atoms with Crippen molar-refractivity contribution in [3.8, 4) is 11.4 Å². The summed E-state index contributed by atoms with van der Waals surface area (Å²) in [4.78, 5) is 14.0. The molecule has 0 spiro atoms. The zero-order valence-corrected chi connectivity index (χ0v) is 18.3. The third kappa shape index (κ3) is 5.93. The molecule has 0 amide bonds. The third-order valence-electron chi connectivity index (χ3n) is 5.25. The second-order valence-corrected chi connectivity index (χ2v) is 7.72. The van der Waals surface area contributed by atoms with E-state index in [0.29, 0.717) is 29.2 Å². The van der Waals surface area contributed by atoms with Gasteiger partial charge in [0.15, 0.2) is 5.96 Å². The van der Waals surface area contributed by atoms with E-state index in [1.807, 2.05) is 24.3 Å². The summed E-state index contributed by atoms with van der Waals surface area (Å²) in [7, 11) is 0. The molecule has 8 heteroatoms. The molecule has 7 nitrogen and oxygen atoms in total. The predicted octanol–water partition coefficient (Wildman–Crippen LogP) is 3.52. The predicted molar refractivity (Wildman–Crippen MR) is 117 cm³/mol. The highest BCUT2D eigenvalue weighted by Crippen LogP contribution is 2.21. The minimum absolute atomic E-state index is 0.354. The Bertz CT molecular complexity index is 804. The van der Waals surface area contributed by atoms with Crippen molar-refractivity contribution in [3.05, 3.63) is 35.2 Å². The quantitative estimate of drug-likeness (QED) is 0.522. The highest BCUT2D eigenvalue weighted by Gasteiger charge is 2.26. The van der Waals surface area contributed by atoms with Crippen molar-refractivity contribution in [2.24, 2.45) is 10.9 Å². The topological polar surface area (TPSA) is 69.8 Å². The molecule has 158 valence electrons. The Morgan fingerprint density at radius 3 is 2.90 bits per heavy atom. The number of rotatable bonds is 8. The fourth-order valence-electron chi connectivity index (χ4n) is 3.65. The summed E-state index contributed by atoms with van der Waals surface area (Å²) in [5.74, 6) is 2.62. The standard InChI is InChI=1S/C21H31ClN6O/c1-4-23-21(28-11-10-16(15-28)14-27(5-2)6-3)24-13-19-25-20(26-29-19)17-8-7-9-18(22)12-17/h7-9,12,16H,4-6,10-11,13-15H2,1-3H3,(H,23,24). The number of guanidine groups is 1. The van der Waals surface area contributed by atoms with Gasteiger partial charge in [0.25, 0.3) is 0 Å². The van der Waals surface area contributed by atoms with E-state index in [1.54, 1.807) is 0 Å². The van der Waals surface area contributed by atoms with Crippen LogP contribution in [0, 0.1) is 5.92 Å². The Morgan fingerprint density at radius 2 is 2.17 bits per heavy atom. The van der Waals surface area contributed by atoms with Gasteiger partial charge in [-0.2, -0.15) is 4.98 Å². The lowest BCUT2D eigenvalue weighted by Crippen LogP contribution is -2.40. The van der Waals surface area contributed by atoms with E-state index < -0.39 is 0 Å². The van der Waals surface area contributed by atoms with Gasteiger partial charge in [0.05, 0.1) is 0 Å². The first-order valence-electron chi connectivity index (χ1n) is 10.5. The van der Waals surface area contributed by atoms with E-state index >= 15 is 0 Å². The smallest absolute Gasteiger partial charge is 0.248 e. The summed E-state index contributed by atoms with van der Waals surface area (Å²) >= 11 is 6.05. The van der Waals surface area contributed by atoms with E-state index in [9.17, 15) is 0 Å². The first-order valence-corrected chi connectivity index (χ1v) is 10.8. The van der Waals surface area contributed by atoms with Gasteiger partial charge < -0.3 is 19.6 Å². The molecule has 29 heavy (non-hydrogen) atoms. The number of hydrogen-bond acceptors (Lipinski definition) is 5. The molecule has 1 saturated heterocycles. The Kier molecular flexibility index (Phi) is 7.89. The minimum atomic E-state index is 0.354. The average molecular weight is 419 g/mol. The summed E-state index contributed by atoms with van der Waals surface area (Å²) in [6.45, 7) is 13.1. The number of nitrogens with zero attached hydrogens (tertiary/aromatic N) is 5. The number of aromatic nitrogens is 2. The normalized spacial score (nSPS) is 17.3. The van der Waals surface area contributed by atoms with Gasteiger partial charge in [-0.25, -0.2) is 4.99 Å². The fourth-order valence-corrected chi connectivity index (χ4v) is 3.84. The molecule has 1 aromatic carbocycles. The molecule has 0 aliphatic carbocycles. The van der Waals surface area contributed by atoms with Gasteiger partial charge in [-0.3, -0.25) is 0 Å². The molecule has 2 heterocycles. The lowest BCUT2D eigenvalue weighted by atomic mass is 10.1. The number of halogens is 1. The molecule has 0 radical (unpaired) electrons. The highest BCUT2D eigenvalue weighted by atomic mass is 35.5. The van der Waals surface area contributed by atoms with Crippen molar-refractivity contribution in [3.63, 3.8) is 0 Å². The molecule has 1 aliphatic rings. The van der Waals surface area contributed by atoms with Crippen LogP contribution >= 0.6 is 11.6 Å². The molecule has 0 bridgehead atoms. The summed E-state index contributed by atoms with van der Waals surface area (Å²) in [5, 5.41) is 8.10. The van der Waals surface area contributed by atoms with Gasteiger partial charge in [0.2, 0.25) is 11.7 Å². The molecular weight excluding hydrogens is 388 g/mol. The summed E-state index contributed by atoms with van der Waals surface area (Å²) in [6.07, 6.45) is 1.19. The number of hydrogen-bond donors (Lipinski definition) is 1. The van der Waals surface area contributed by atoms with Gasteiger partial charge >= 0.3 is 0 Å². The van der Waals surface area contributed by atoms with Crippen molar-refractivity contribution in [1.29, 1.82) is 0 Å². The third-order valence-corrected chi connectivity index (χ3v) is 5.48. The van der Waals surface area contributed by atoms with Gasteiger partial charge in [0.1, 0.15) is 6.54 Å². The SMILES string of the molecule is CCNC(=NCc1nc(-c2cccc(Cl)c2)no1)N1CCC(CN(CC)CC)C1. The monoisotopic (exact) mass is 418 g/mol. The van der Waals surface area contributed by atoms with Crippen LogP contribution in [0.25, 0.3) is 11.4 Å². The number of benzene rings is 1. The van der Waals surface area contributed by atoms with Crippen LogP contribution in [0.5, 0.6) is 0 Å². The van der Waals surface area contributed by atoms with Crippen LogP contribution in [-0.2, 0) is 6.54 Å². The lowest BCUT2D eigenvalue weighted by molar-refractivity contribution is 0.255. The van der Waals surface area contributed by atoms with Crippen LogP contribution in [0.2, 0.25) is 5.02 Å². The first kappa shape index (κ1) is 21.6. The molecule has 1 atom stereocenters. The van der Waals surface area contributed by atoms with Crippen LogP contribution in [-0.4, -0.2) is 65.2 Å². The zero-order chi connectivity index (χ0) is 20.6. The van der Waals surface area contributed by atoms with E-state index in [1.165, 1.54) is 6.42 Å². The highest BCUT2D eigenvalue weighted by molar-refractivity contribution is 6.30. The van der Waals surface area contributed by atoms with Gasteiger partial charge in [-0.15, -0.1) is 0 Å². The number of aliphatic imine (C=N–C) groups is 1. The van der Waals surface area contributed by atoms with Crippen molar-refractivity contribution >= 4 is 17.6 Å². The van der Waals surface area contributed by atoms with Crippen molar-refractivity contribution < 1.29 is 4.52 Å². The maximum absolute atomic E-state index is 6.05. The second kappa shape index (κ2) is 10.6. The number of nitrogens with one attached hydrogen (secondary N) is 1. The van der Waals surface area contributed by atoms with Crippen LogP contribution in [0.4, 0.5) is 0 Å². The maximum Gasteiger partial charge on any atom is 0.248 e.